The molecule has 5 nitrogen and oxygen atoms in total. The number of rotatable bonds is 2. The van der Waals surface area contributed by atoms with E-state index < -0.39 is 0 Å². The Kier molecular flexibility index (Phi) is 2.84. The van der Waals surface area contributed by atoms with Crippen molar-refractivity contribution in [3.63, 3.8) is 0 Å². The highest BCUT2D eigenvalue weighted by atomic mass is 32.1. The van der Waals surface area contributed by atoms with Crippen molar-refractivity contribution in [2.24, 2.45) is 5.92 Å². The number of thiophene rings is 1. The van der Waals surface area contributed by atoms with Crippen LogP contribution >= 0.6 is 11.3 Å². The van der Waals surface area contributed by atoms with Crippen LogP contribution in [0.1, 0.15) is 12.8 Å². The summed E-state index contributed by atoms with van der Waals surface area (Å²) in [6.07, 6.45) is 3.80. The van der Waals surface area contributed by atoms with Gasteiger partial charge in [0.15, 0.2) is 0 Å². The van der Waals surface area contributed by atoms with Gasteiger partial charge in [-0.2, -0.15) is 0 Å². The number of anilines is 1. The van der Waals surface area contributed by atoms with Crippen molar-refractivity contribution < 1.29 is 4.79 Å². The summed E-state index contributed by atoms with van der Waals surface area (Å²) in [5.74, 6) is 1.70. The molecule has 6 heteroatoms. The van der Waals surface area contributed by atoms with Gasteiger partial charge in [-0.05, 0) is 24.3 Å². The van der Waals surface area contributed by atoms with Crippen LogP contribution < -0.4 is 4.90 Å². The molecule has 1 aliphatic heterocycles. The topological polar surface area (TPSA) is 49.3 Å². The Labute approximate surface area is 121 Å². The Hall–Kier alpha value is -1.69. The first-order chi connectivity index (χ1) is 9.83. The Balaban J connectivity index is 1.51. The Bertz CT molecular complexity index is 643. The highest BCUT2D eigenvalue weighted by Crippen LogP contribution is 2.32. The Morgan fingerprint density at radius 1 is 1.20 bits per heavy atom. The first-order valence-electron chi connectivity index (χ1n) is 7.05. The van der Waals surface area contributed by atoms with Gasteiger partial charge in [0.25, 0.3) is 0 Å². The molecule has 1 aliphatic carbocycles. The number of hydrogen-bond donors (Lipinski definition) is 0. The van der Waals surface area contributed by atoms with Gasteiger partial charge in [0.2, 0.25) is 5.91 Å². The average Bonchev–Trinajstić information content (AvgIpc) is 3.23. The molecule has 0 atom stereocenters. The lowest BCUT2D eigenvalue weighted by Crippen LogP contribution is -2.49. The number of amides is 1. The van der Waals surface area contributed by atoms with Gasteiger partial charge in [-0.25, -0.2) is 9.97 Å². The number of nitrogens with zero attached hydrogens (tertiary/aromatic N) is 4. The molecule has 0 bridgehead atoms. The lowest BCUT2D eigenvalue weighted by atomic mass is 10.2. The molecule has 104 valence electrons. The Morgan fingerprint density at radius 2 is 2.00 bits per heavy atom. The van der Waals surface area contributed by atoms with Crippen molar-refractivity contribution in [1.82, 2.24) is 14.9 Å². The van der Waals surface area contributed by atoms with Gasteiger partial charge in [0.05, 0.1) is 10.2 Å². The van der Waals surface area contributed by atoms with Gasteiger partial charge >= 0.3 is 0 Å². The molecule has 2 aliphatic rings. The summed E-state index contributed by atoms with van der Waals surface area (Å²) in [6.45, 7) is 3.35. The van der Waals surface area contributed by atoms with Crippen LogP contribution in [0.15, 0.2) is 17.8 Å². The molecule has 0 radical (unpaired) electrons. The molecule has 0 spiro atoms. The number of aromatic nitrogens is 2. The average molecular weight is 288 g/mol. The van der Waals surface area contributed by atoms with Crippen molar-refractivity contribution in [3.8, 4) is 0 Å². The normalized spacial score (nSPS) is 19.6. The van der Waals surface area contributed by atoms with E-state index in [1.807, 2.05) is 11.0 Å². The molecule has 2 fully saturated rings. The standard InChI is InChI=1S/C14H16N4OS/c19-14(10-1-2-10)18-6-4-17(5-7-18)13-12-11(3-8-20-12)15-9-16-13/h3,8-10H,1-2,4-7H2. The first kappa shape index (κ1) is 12.1. The van der Waals surface area contributed by atoms with E-state index in [1.54, 1.807) is 17.7 Å². The van der Waals surface area contributed by atoms with Gasteiger partial charge in [0, 0.05) is 32.1 Å². The van der Waals surface area contributed by atoms with Crippen LogP contribution in [-0.4, -0.2) is 47.0 Å². The maximum Gasteiger partial charge on any atom is 0.225 e. The summed E-state index contributed by atoms with van der Waals surface area (Å²) in [5.41, 5.74) is 1.01. The van der Waals surface area contributed by atoms with Crippen molar-refractivity contribution in [2.45, 2.75) is 12.8 Å². The molecule has 4 rings (SSSR count). The molecule has 1 amide bonds. The zero-order valence-corrected chi connectivity index (χ0v) is 12.0. The summed E-state index contributed by atoms with van der Waals surface area (Å²) in [4.78, 5) is 25.1. The lowest BCUT2D eigenvalue weighted by molar-refractivity contribution is -0.132. The van der Waals surface area contributed by atoms with Crippen molar-refractivity contribution in [3.05, 3.63) is 17.8 Å². The fourth-order valence-electron chi connectivity index (χ4n) is 2.73. The highest BCUT2D eigenvalue weighted by Gasteiger charge is 2.34. The molecule has 0 aromatic carbocycles. The van der Waals surface area contributed by atoms with Crippen LogP contribution in [0.4, 0.5) is 5.82 Å². The van der Waals surface area contributed by atoms with Crippen LogP contribution in [-0.2, 0) is 4.79 Å². The van der Waals surface area contributed by atoms with E-state index in [0.29, 0.717) is 11.8 Å². The van der Waals surface area contributed by atoms with E-state index >= 15 is 0 Å². The smallest absolute Gasteiger partial charge is 0.225 e. The zero-order valence-electron chi connectivity index (χ0n) is 11.2. The number of fused-ring (bicyclic) bond motifs is 1. The third-order valence-corrected chi connectivity index (χ3v) is 4.94. The van der Waals surface area contributed by atoms with E-state index in [1.165, 1.54) is 0 Å². The summed E-state index contributed by atoms with van der Waals surface area (Å²) in [7, 11) is 0. The molecule has 0 unspecified atom stereocenters. The van der Waals surface area contributed by atoms with E-state index in [4.69, 9.17) is 0 Å². The van der Waals surface area contributed by atoms with Crippen LogP contribution in [0.25, 0.3) is 10.2 Å². The second kappa shape index (κ2) is 4.70. The summed E-state index contributed by atoms with van der Waals surface area (Å²) in [5, 5.41) is 2.05. The molecular formula is C14H16N4OS. The molecule has 1 saturated heterocycles. The number of carbonyl (C=O) groups excluding carboxylic acids is 1. The van der Waals surface area contributed by atoms with E-state index in [0.717, 1.165) is 55.1 Å². The SMILES string of the molecule is O=C(C1CC1)N1CCN(c2ncnc3ccsc23)CC1. The maximum absolute atomic E-state index is 12.1. The van der Waals surface area contributed by atoms with Gasteiger partial charge in [-0.3, -0.25) is 4.79 Å². The fraction of sp³-hybridized carbons (Fsp3) is 0.500. The van der Waals surface area contributed by atoms with E-state index in [-0.39, 0.29) is 0 Å². The number of piperazine rings is 1. The number of carbonyl (C=O) groups is 1. The second-order valence-electron chi connectivity index (χ2n) is 5.42. The highest BCUT2D eigenvalue weighted by molar-refractivity contribution is 7.17. The van der Waals surface area contributed by atoms with Gasteiger partial charge in [-0.1, -0.05) is 0 Å². The van der Waals surface area contributed by atoms with E-state index in [2.05, 4.69) is 20.2 Å². The van der Waals surface area contributed by atoms with Crippen molar-refractivity contribution in [2.75, 3.05) is 31.1 Å². The molecule has 3 heterocycles. The van der Waals surface area contributed by atoms with Crippen LogP contribution in [0, 0.1) is 5.92 Å². The molecule has 20 heavy (non-hydrogen) atoms. The van der Waals surface area contributed by atoms with E-state index in [9.17, 15) is 4.79 Å². The van der Waals surface area contributed by atoms with Gasteiger partial charge < -0.3 is 9.80 Å². The lowest BCUT2D eigenvalue weighted by Gasteiger charge is -2.35. The van der Waals surface area contributed by atoms with Gasteiger partial charge in [0.1, 0.15) is 12.1 Å². The molecular weight excluding hydrogens is 272 g/mol. The first-order valence-corrected chi connectivity index (χ1v) is 7.93. The zero-order chi connectivity index (χ0) is 13.5. The molecule has 2 aromatic rings. The third kappa shape index (κ3) is 2.04. The monoisotopic (exact) mass is 288 g/mol. The second-order valence-corrected chi connectivity index (χ2v) is 6.33. The number of hydrogen-bond acceptors (Lipinski definition) is 5. The minimum absolute atomic E-state index is 0.324. The van der Waals surface area contributed by atoms with Crippen molar-refractivity contribution in [1.29, 1.82) is 0 Å². The summed E-state index contributed by atoms with van der Waals surface area (Å²) < 4.78 is 1.15. The fourth-order valence-corrected chi connectivity index (χ4v) is 3.59. The Morgan fingerprint density at radius 3 is 2.75 bits per heavy atom. The maximum atomic E-state index is 12.1. The predicted octanol–water partition coefficient (Wildman–Crippen LogP) is 1.75. The predicted molar refractivity (Wildman–Crippen MR) is 78.9 cm³/mol. The summed E-state index contributed by atoms with van der Waals surface area (Å²) >= 11 is 1.68. The van der Waals surface area contributed by atoms with Crippen LogP contribution in [0.2, 0.25) is 0 Å². The van der Waals surface area contributed by atoms with Crippen LogP contribution in [0.5, 0.6) is 0 Å². The minimum atomic E-state index is 0.324. The third-order valence-electron chi connectivity index (χ3n) is 4.04. The van der Waals surface area contributed by atoms with Gasteiger partial charge in [-0.15, -0.1) is 11.3 Å². The van der Waals surface area contributed by atoms with Crippen molar-refractivity contribution >= 4 is 33.3 Å². The largest absolute Gasteiger partial charge is 0.352 e. The quantitative estimate of drug-likeness (QED) is 0.845. The molecule has 0 N–H and O–H groups in total. The molecule has 2 aromatic heterocycles. The molecule has 1 saturated carbocycles. The minimum Gasteiger partial charge on any atom is -0.352 e. The van der Waals surface area contributed by atoms with Crippen LogP contribution in [0.3, 0.4) is 0 Å². The summed E-state index contributed by atoms with van der Waals surface area (Å²) in [6, 6.07) is 2.03.